The predicted molar refractivity (Wildman–Crippen MR) is 95.4 cm³/mol. The van der Waals surface area contributed by atoms with Crippen LogP contribution >= 0.6 is 11.8 Å². The molecule has 1 unspecified atom stereocenters. The Morgan fingerprint density at radius 1 is 1.33 bits per heavy atom. The second-order valence-electron chi connectivity index (χ2n) is 6.34. The number of carbonyl (C=O) groups excluding carboxylic acids is 1. The average Bonchev–Trinajstić information content (AvgIpc) is 2.96. The first-order valence-electron chi connectivity index (χ1n) is 8.19. The van der Waals surface area contributed by atoms with E-state index in [-0.39, 0.29) is 17.8 Å². The number of thioether (sulfide) groups is 1. The third kappa shape index (κ3) is 2.67. The zero-order chi connectivity index (χ0) is 16.7. The molecule has 0 saturated heterocycles. The number of fused-ring (bicyclic) bond motifs is 2. The van der Waals surface area contributed by atoms with Crippen LogP contribution in [0.15, 0.2) is 41.3 Å². The summed E-state index contributed by atoms with van der Waals surface area (Å²) < 4.78 is 14.0. The molecule has 2 aromatic rings. The Morgan fingerprint density at radius 3 is 3.08 bits per heavy atom. The molecule has 2 aliphatic rings. The van der Waals surface area contributed by atoms with Crippen molar-refractivity contribution in [1.82, 2.24) is 5.32 Å². The highest BCUT2D eigenvalue weighted by atomic mass is 32.2. The topological polar surface area (TPSA) is 32.3 Å². The fraction of sp³-hybridized carbons (Fsp3) is 0.316. The zero-order valence-electron chi connectivity index (χ0n) is 13.5. The van der Waals surface area contributed by atoms with Crippen molar-refractivity contribution >= 4 is 23.4 Å². The van der Waals surface area contributed by atoms with Gasteiger partial charge in [-0.3, -0.25) is 4.79 Å². The van der Waals surface area contributed by atoms with Crippen LogP contribution in [0, 0.1) is 5.82 Å². The minimum absolute atomic E-state index is 0.0838. The summed E-state index contributed by atoms with van der Waals surface area (Å²) in [6.07, 6.45) is 1.79. The molecule has 0 fully saturated rings. The molecule has 1 N–H and O–H groups in total. The molecule has 4 rings (SSSR count). The van der Waals surface area contributed by atoms with Crippen molar-refractivity contribution in [3.05, 3.63) is 58.9 Å². The molecule has 24 heavy (non-hydrogen) atoms. The van der Waals surface area contributed by atoms with Crippen LogP contribution in [0.3, 0.4) is 0 Å². The average molecular weight is 342 g/mol. The number of halogens is 1. The van der Waals surface area contributed by atoms with Crippen LogP contribution in [0.5, 0.6) is 0 Å². The van der Waals surface area contributed by atoms with E-state index in [4.69, 9.17) is 0 Å². The fourth-order valence-corrected chi connectivity index (χ4v) is 4.63. The number of hydrogen-bond donors (Lipinski definition) is 1. The van der Waals surface area contributed by atoms with E-state index in [0.717, 1.165) is 30.7 Å². The van der Waals surface area contributed by atoms with Gasteiger partial charge in [0.1, 0.15) is 5.82 Å². The Labute approximate surface area is 145 Å². The van der Waals surface area contributed by atoms with Crippen molar-refractivity contribution in [2.45, 2.75) is 23.8 Å². The molecule has 0 radical (unpaired) electrons. The Bertz CT molecular complexity index is 808. The summed E-state index contributed by atoms with van der Waals surface area (Å²) in [6, 6.07) is 10.9. The van der Waals surface area contributed by atoms with Gasteiger partial charge in [0.15, 0.2) is 0 Å². The smallest absolute Gasteiger partial charge is 0.251 e. The monoisotopic (exact) mass is 342 g/mol. The lowest BCUT2D eigenvalue weighted by Crippen LogP contribution is -2.31. The first kappa shape index (κ1) is 15.5. The van der Waals surface area contributed by atoms with Gasteiger partial charge in [0, 0.05) is 35.5 Å². The molecule has 2 aliphatic heterocycles. The van der Waals surface area contributed by atoms with E-state index < -0.39 is 0 Å². The zero-order valence-corrected chi connectivity index (χ0v) is 14.3. The van der Waals surface area contributed by atoms with Gasteiger partial charge in [-0.1, -0.05) is 12.1 Å². The normalized spacial score (nSPS) is 18.9. The number of likely N-dealkylation sites (N-methyl/N-ethyl adjacent to an activating group) is 1. The van der Waals surface area contributed by atoms with Gasteiger partial charge >= 0.3 is 0 Å². The van der Waals surface area contributed by atoms with Gasteiger partial charge in [-0.15, -0.1) is 11.8 Å². The summed E-state index contributed by atoms with van der Waals surface area (Å²) in [6.45, 7) is 0.993. The highest BCUT2D eigenvalue weighted by molar-refractivity contribution is 7.99. The molecule has 0 saturated carbocycles. The molecule has 0 bridgehead atoms. The van der Waals surface area contributed by atoms with E-state index >= 15 is 0 Å². The summed E-state index contributed by atoms with van der Waals surface area (Å²) in [7, 11) is 2.07. The third-order valence-corrected chi connectivity index (χ3v) is 5.96. The summed E-state index contributed by atoms with van der Waals surface area (Å²) in [4.78, 5) is 15.5. The SMILES string of the molecule is CN1CCc2cc(C(=O)NC3CCSc4c(F)cccc43)ccc21. The summed E-state index contributed by atoms with van der Waals surface area (Å²) in [5.74, 6) is 0.532. The van der Waals surface area contributed by atoms with Crippen molar-refractivity contribution in [3.8, 4) is 0 Å². The molecular weight excluding hydrogens is 323 g/mol. The van der Waals surface area contributed by atoms with Gasteiger partial charge in [-0.2, -0.15) is 0 Å². The molecule has 0 spiro atoms. The number of carbonyl (C=O) groups is 1. The van der Waals surface area contributed by atoms with Gasteiger partial charge < -0.3 is 10.2 Å². The van der Waals surface area contributed by atoms with Gasteiger partial charge in [-0.25, -0.2) is 4.39 Å². The number of nitrogens with zero attached hydrogens (tertiary/aromatic N) is 1. The second kappa shape index (κ2) is 6.13. The second-order valence-corrected chi connectivity index (χ2v) is 7.44. The first-order valence-corrected chi connectivity index (χ1v) is 9.18. The Kier molecular flexibility index (Phi) is 3.96. The maximum absolute atomic E-state index is 14.0. The number of anilines is 1. The molecule has 124 valence electrons. The summed E-state index contributed by atoms with van der Waals surface area (Å²) in [5.41, 5.74) is 3.99. The largest absolute Gasteiger partial charge is 0.374 e. The number of benzene rings is 2. The third-order valence-electron chi connectivity index (χ3n) is 4.80. The van der Waals surface area contributed by atoms with Crippen LogP contribution in [0.4, 0.5) is 10.1 Å². The van der Waals surface area contributed by atoms with Crippen LogP contribution in [0.2, 0.25) is 0 Å². The van der Waals surface area contributed by atoms with E-state index in [9.17, 15) is 9.18 Å². The summed E-state index contributed by atoms with van der Waals surface area (Å²) >= 11 is 1.53. The number of amides is 1. The minimum atomic E-state index is -0.197. The highest BCUT2D eigenvalue weighted by Crippen LogP contribution is 2.38. The van der Waals surface area contributed by atoms with Crippen molar-refractivity contribution in [1.29, 1.82) is 0 Å². The maximum atomic E-state index is 14.0. The van der Waals surface area contributed by atoms with Crippen LogP contribution in [0.1, 0.15) is 33.9 Å². The molecule has 0 aliphatic carbocycles. The van der Waals surface area contributed by atoms with Crippen molar-refractivity contribution in [3.63, 3.8) is 0 Å². The molecule has 3 nitrogen and oxygen atoms in total. The fourth-order valence-electron chi connectivity index (χ4n) is 3.49. The number of rotatable bonds is 2. The summed E-state index contributed by atoms with van der Waals surface area (Å²) in [5, 5.41) is 3.09. The molecule has 1 atom stereocenters. The number of nitrogens with one attached hydrogen (secondary N) is 1. The standard InChI is InChI=1S/C19H19FN2OS/c1-22-9-7-12-11-13(5-6-17(12)22)19(23)21-16-8-10-24-18-14(16)3-2-4-15(18)20/h2-6,11,16H,7-10H2,1H3,(H,21,23). The molecule has 2 aromatic carbocycles. The molecule has 5 heteroatoms. The predicted octanol–water partition coefficient (Wildman–Crippen LogP) is 3.78. The Morgan fingerprint density at radius 2 is 2.21 bits per heavy atom. The van der Waals surface area contributed by atoms with Crippen LogP contribution in [-0.2, 0) is 6.42 Å². The quantitative estimate of drug-likeness (QED) is 0.901. The van der Waals surface area contributed by atoms with E-state index in [0.29, 0.717) is 10.5 Å². The van der Waals surface area contributed by atoms with Crippen LogP contribution in [-0.4, -0.2) is 25.3 Å². The van der Waals surface area contributed by atoms with Crippen LogP contribution in [0.25, 0.3) is 0 Å². The maximum Gasteiger partial charge on any atom is 0.251 e. The lowest BCUT2D eigenvalue weighted by atomic mass is 10.0. The van der Waals surface area contributed by atoms with Crippen LogP contribution < -0.4 is 10.2 Å². The van der Waals surface area contributed by atoms with E-state index in [2.05, 4.69) is 17.3 Å². The molecule has 0 aromatic heterocycles. The van der Waals surface area contributed by atoms with E-state index in [1.54, 1.807) is 6.07 Å². The molecule has 1 amide bonds. The minimum Gasteiger partial charge on any atom is -0.374 e. The van der Waals surface area contributed by atoms with Crippen molar-refractivity contribution < 1.29 is 9.18 Å². The molecular formula is C19H19FN2OS. The Balaban J connectivity index is 1.57. The lowest BCUT2D eigenvalue weighted by molar-refractivity contribution is 0.0934. The van der Waals surface area contributed by atoms with Crippen molar-refractivity contribution in [2.75, 3.05) is 24.2 Å². The Hall–Kier alpha value is -2.01. The first-order chi connectivity index (χ1) is 11.6. The van der Waals surface area contributed by atoms with Crippen molar-refractivity contribution in [2.24, 2.45) is 0 Å². The van der Waals surface area contributed by atoms with E-state index in [1.807, 2.05) is 24.3 Å². The lowest BCUT2D eigenvalue weighted by Gasteiger charge is -2.26. The molecule has 2 heterocycles. The van der Waals surface area contributed by atoms with Gasteiger partial charge in [0.25, 0.3) is 5.91 Å². The van der Waals surface area contributed by atoms with Gasteiger partial charge in [0.05, 0.1) is 6.04 Å². The van der Waals surface area contributed by atoms with Gasteiger partial charge in [-0.05, 0) is 48.2 Å². The number of hydrogen-bond acceptors (Lipinski definition) is 3. The van der Waals surface area contributed by atoms with E-state index in [1.165, 1.54) is 29.1 Å². The highest BCUT2D eigenvalue weighted by Gasteiger charge is 2.25. The van der Waals surface area contributed by atoms with Gasteiger partial charge in [0.2, 0.25) is 0 Å².